The first-order valence-electron chi connectivity index (χ1n) is 5.83. The first-order chi connectivity index (χ1) is 8.13. The second-order valence-electron chi connectivity index (χ2n) is 4.10. The van der Waals surface area contributed by atoms with E-state index in [1.807, 2.05) is 19.1 Å². The fourth-order valence-corrected chi connectivity index (χ4v) is 1.79. The molecule has 0 aliphatic rings. The van der Waals surface area contributed by atoms with Gasteiger partial charge in [0.25, 0.3) is 0 Å². The van der Waals surface area contributed by atoms with Crippen molar-refractivity contribution >= 4 is 11.6 Å². The highest BCUT2D eigenvalue weighted by Crippen LogP contribution is 2.26. The molecule has 0 aliphatic carbocycles. The molecule has 0 nitrogen and oxygen atoms in total. The third kappa shape index (κ3) is 3.07. The van der Waals surface area contributed by atoms with Crippen molar-refractivity contribution in [1.29, 1.82) is 0 Å². The summed E-state index contributed by atoms with van der Waals surface area (Å²) < 4.78 is 0. The summed E-state index contributed by atoms with van der Waals surface area (Å²) in [6.07, 6.45) is 7.97. The maximum atomic E-state index is 3.88. The SMILES string of the molecule is C=C/C(C)=C(\C=C/C)c1cc(C)ccc1C=C. The standard InChI is InChI=1S/C17H20/c1-6-9-16(14(5)7-2)17-12-13(4)10-11-15(17)8-3/h6-12H,2-3H2,1,4-5H3/b9-6-,16-14+. The van der Waals surface area contributed by atoms with Crippen molar-refractivity contribution in [3.8, 4) is 0 Å². The molecule has 0 aromatic heterocycles. The second kappa shape index (κ2) is 6.05. The molecule has 1 aromatic carbocycles. The molecule has 88 valence electrons. The summed E-state index contributed by atoms with van der Waals surface area (Å²) in [5.41, 5.74) is 6.02. The van der Waals surface area contributed by atoms with E-state index in [1.165, 1.54) is 22.3 Å². The molecule has 0 unspecified atom stereocenters. The largest absolute Gasteiger partial charge is 0.0988 e. The highest BCUT2D eigenvalue weighted by Gasteiger charge is 2.05. The molecule has 0 radical (unpaired) electrons. The summed E-state index contributed by atoms with van der Waals surface area (Å²) in [6.45, 7) is 13.9. The number of hydrogen-bond acceptors (Lipinski definition) is 0. The van der Waals surface area contributed by atoms with Gasteiger partial charge >= 0.3 is 0 Å². The lowest BCUT2D eigenvalue weighted by molar-refractivity contribution is 1.41. The van der Waals surface area contributed by atoms with Gasteiger partial charge in [0.2, 0.25) is 0 Å². The van der Waals surface area contributed by atoms with Crippen LogP contribution in [0.2, 0.25) is 0 Å². The first-order valence-corrected chi connectivity index (χ1v) is 5.83. The Hall–Kier alpha value is -1.82. The van der Waals surface area contributed by atoms with Gasteiger partial charge in [-0.2, -0.15) is 0 Å². The summed E-state index contributed by atoms with van der Waals surface area (Å²) in [7, 11) is 0. The van der Waals surface area contributed by atoms with E-state index in [0.29, 0.717) is 0 Å². The van der Waals surface area contributed by atoms with Crippen LogP contribution in [0.3, 0.4) is 0 Å². The van der Waals surface area contributed by atoms with Crippen molar-refractivity contribution in [2.24, 2.45) is 0 Å². The lowest BCUT2D eigenvalue weighted by Crippen LogP contribution is -1.90. The number of allylic oxidation sites excluding steroid dienone is 5. The van der Waals surface area contributed by atoms with Crippen LogP contribution in [0.4, 0.5) is 0 Å². The Morgan fingerprint density at radius 2 is 1.94 bits per heavy atom. The van der Waals surface area contributed by atoms with Gasteiger partial charge in [-0.25, -0.2) is 0 Å². The van der Waals surface area contributed by atoms with Crippen LogP contribution in [0.1, 0.15) is 30.5 Å². The Morgan fingerprint density at radius 3 is 2.47 bits per heavy atom. The average molecular weight is 224 g/mol. The van der Waals surface area contributed by atoms with Gasteiger partial charge < -0.3 is 0 Å². The molecule has 0 N–H and O–H groups in total. The number of rotatable bonds is 4. The number of hydrogen-bond donors (Lipinski definition) is 0. The van der Waals surface area contributed by atoms with Crippen LogP contribution in [-0.4, -0.2) is 0 Å². The van der Waals surface area contributed by atoms with Crippen LogP contribution >= 0.6 is 0 Å². The van der Waals surface area contributed by atoms with Gasteiger partial charge in [0.1, 0.15) is 0 Å². The Bertz CT molecular complexity index is 485. The van der Waals surface area contributed by atoms with Crippen molar-refractivity contribution in [3.05, 3.63) is 71.8 Å². The minimum absolute atomic E-state index is 1.16. The van der Waals surface area contributed by atoms with E-state index in [1.54, 1.807) is 0 Å². The zero-order valence-electron chi connectivity index (χ0n) is 11.0. The third-order valence-corrected chi connectivity index (χ3v) is 2.78. The summed E-state index contributed by atoms with van der Waals surface area (Å²) >= 11 is 0. The molecular weight excluding hydrogens is 204 g/mol. The van der Waals surface area contributed by atoms with Gasteiger partial charge in [-0.05, 0) is 43.0 Å². The van der Waals surface area contributed by atoms with E-state index in [-0.39, 0.29) is 0 Å². The molecule has 0 atom stereocenters. The van der Waals surface area contributed by atoms with E-state index in [4.69, 9.17) is 0 Å². The zero-order valence-corrected chi connectivity index (χ0v) is 11.0. The topological polar surface area (TPSA) is 0 Å². The van der Waals surface area contributed by atoms with Crippen LogP contribution in [-0.2, 0) is 0 Å². The molecule has 0 amide bonds. The van der Waals surface area contributed by atoms with Gasteiger partial charge in [0.05, 0.1) is 0 Å². The quantitative estimate of drug-likeness (QED) is 0.619. The Balaban J connectivity index is 3.52. The molecule has 0 spiro atoms. The molecule has 0 aliphatic heterocycles. The van der Waals surface area contributed by atoms with Gasteiger partial charge in [-0.3, -0.25) is 0 Å². The molecular formula is C17H20. The smallest absolute Gasteiger partial charge is 0.0106 e. The van der Waals surface area contributed by atoms with Crippen LogP contribution < -0.4 is 0 Å². The second-order valence-corrected chi connectivity index (χ2v) is 4.10. The fourth-order valence-electron chi connectivity index (χ4n) is 1.79. The maximum absolute atomic E-state index is 3.88. The fraction of sp³-hybridized carbons (Fsp3) is 0.176. The first kappa shape index (κ1) is 13.2. The third-order valence-electron chi connectivity index (χ3n) is 2.78. The highest BCUT2D eigenvalue weighted by molar-refractivity contribution is 5.83. The van der Waals surface area contributed by atoms with Gasteiger partial charge in [0, 0.05) is 0 Å². The average Bonchev–Trinajstić information content (AvgIpc) is 2.35. The lowest BCUT2D eigenvalue weighted by Gasteiger charge is -2.11. The number of benzene rings is 1. The Labute approximate surface area is 105 Å². The summed E-state index contributed by atoms with van der Waals surface area (Å²) in [4.78, 5) is 0. The summed E-state index contributed by atoms with van der Waals surface area (Å²) in [5, 5.41) is 0. The van der Waals surface area contributed by atoms with Crippen molar-refractivity contribution in [2.45, 2.75) is 20.8 Å². The molecule has 17 heavy (non-hydrogen) atoms. The van der Waals surface area contributed by atoms with E-state index < -0.39 is 0 Å². The van der Waals surface area contributed by atoms with E-state index in [2.05, 4.69) is 57.4 Å². The molecule has 0 saturated heterocycles. The lowest BCUT2D eigenvalue weighted by atomic mass is 9.94. The monoisotopic (exact) mass is 224 g/mol. The van der Waals surface area contributed by atoms with Gasteiger partial charge in [-0.1, -0.05) is 61.2 Å². The van der Waals surface area contributed by atoms with E-state index in [0.717, 1.165) is 5.56 Å². The normalized spacial score (nSPS) is 12.4. The van der Waals surface area contributed by atoms with Crippen molar-refractivity contribution in [1.82, 2.24) is 0 Å². The molecule has 0 heterocycles. The molecule has 0 bridgehead atoms. The van der Waals surface area contributed by atoms with Crippen LogP contribution in [0.5, 0.6) is 0 Å². The van der Waals surface area contributed by atoms with Crippen LogP contribution in [0.25, 0.3) is 11.6 Å². The molecule has 0 saturated carbocycles. The van der Waals surface area contributed by atoms with Gasteiger partial charge in [0.15, 0.2) is 0 Å². The Morgan fingerprint density at radius 1 is 1.24 bits per heavy atom. The highest BCUT2D eigenvalue weighted by atomic mass is 14.1. The maximum Gasteiger partial charge on any atom is -0.0106 e. The minimum atomic E-state index is 1.16. The molecule has 1 aromatic rings. The van der Waals surface area contributed by atoms with Crippen molar-refractivity contribution < 1.29 is 0 Å². The summed E-state index contributed by atoms with van der Waals surface area (Å²) in [6, 6.07) is 6.41. The predicted octanol–water partition coefficient (Wildman–Crippen LogP) is 5.17. The molecule has 1 rings (SSSR count). The number of aryl methyl sites for hydroxylation is 1. The molecule has 0 fully saturated rings. The van der Waals surface area contributed by atoms with Crippen LogP contribution in [0, 0.1) is 6.92 Å². The predicted molar refractivity (Wildman–Crippen MR) is 78.9 cm³/mol. The van der Waals surface area contributed by atoms with E-state index in [9.17, 15) is 0 Å². The van der Waals surface area contributed by atoms with Gasteiger partial charge in [-0.15, -0.1) is 0 Å². The minimum Gasteiger partial charge on any atom is -0.0988 e. The summed E-state index contributed by atoms with van der Waals surface area (Å²) in [5.74, 6) is 0. The van der Waals surface area contributed by atoms with Crippen molar-refractivity contribution in [2.75, 3.05) is 0 Å². The van der Waals surface area contributed by atoms with Crippen molar-refractivity contribution in [3.63, 3.8) is 0 Å². The van der Waals surface area contributed by atoms with E-state index >= 15 is 0 Å². The Kier molecular flexibility index (Phi) is 4.71. The van der Waals surface area contributed by atoms with Crippen LogP contribution in [0.15, 0.2) is 55.2 Å². The zero-order chi connectivity index (χ0) is 12.8. The molecule has 0 heteroatoms.